The second kappa shape index (κ2) is 7.16. The lowest BCUT2D eigenvalue weighted by Crippen LogP contribution is -2.21. The predicted molar refractivity (Wildman–Crippen MR) is 84.0 cm³/mol. The number of nitrogens with one attached hydrogen (secondary N) is 1. The molecular weight excluding hydrogens is 322 g/mol. The molecule has 0 aliphatic rings. The summed E-state index contributed by atoms with van der Waals surface area (Å²) >= 11 is 0. The summed E-state index contributed by atoms with van der Waals surface area (Å²) in [5.74, 6) is -1.00. The van der Waals surface area contributed by atoms with Crippen LogP contribution >= 0.6 is 0 Å². The van der Waals surface area contributed by atoms with E-state index in [2.05, 4.69) is 5.32 Å². The fourth-order valence-electron chi connectivity index (χ4n) is 2.32. The Morgan fingerprint density at radius 2 is 1.91 bits per heavy atom. The van der Waals surface area contributed by atoms with Crippen molar-refractivity contribution in [1.82, 2.24) is 5.32 Å². The van der Waals surface area contributed by atoms with Gasteiger partial charge in [0.05, 0.1) is 4.90 Å². The number of sulfonamides is 1. The van der Waals surface area contributed by atoms with Gasteiger partial charge in [-0.1, -0.05) is 19.1 Å². The van der Waals surface area contributed by atoms with Crippen molar-refractivity contribution in [3.05, 3.63) is 65.2 Å². The third-order valence-electron chi connectivity index (χ3n) is 3.54. The zero-order chi connectivity index (χ0) is 17.0. The summed E-state index contributed by atoms with van der Waals surface area (Å²) < 4.78 is 49.7. The maximum atomic E-state index is 13.6. The minimum atomic E-state index is -3.78. The normalized spacial score (nSPS) is 13.0. The number of hydrogen-bond donors (Lipinski definition) is 2. The molecule has 0 amide bonds. The Kier molecular flexibility index (Phi) is 5.46. The van der Waals surface area contributed by atoms with Crippen LogP contribution in [0.5, 0.6) is 0 Å². The van der Waals surface area contributed by atoms with Crippen LogP contribution in [0.15, 0.2) is 47.4 Å². The van der Waals surface area contributed by atoms with Crippen molar-refractivity contribution in [3.63, 3.8) is 0 Å². The first-order valence-electron chi connectivity index (χ1n) is 7.11. The number of benzene rings is 2. The van der Waals surface area contributed by atoms with Gasteiger partial charge in [0.25, 0.3) is 0 Å². The Hall–Kier alpha value is -1.83. The molecule has 0 unspecified atom stereocenters. The van der Waals surface area contributed by atoms with E-state index in [0.29, 0.717) is 6.42 Å². The summed E-state index contributed by atoms with van der Waals surface area (Å²) in [6.45, 7) is 2.03. The highest BCUT2D eigenvalue weighted by Crippen LogP contribution is 2.21. The molecule has 0 fully saturated rings. The van der Waals surface area contributed by atoms with Crippen molar-refractivity contribution in [1.29, 1.82) is 0 Å². The lowest BCUT2D eigenvalue weighted by atomic mass is 10.0. The Labute approximate surface area is 134 Å². The van der Waals surface area contributed by atoms with E-state index in [0.717, 1.165) is 23.8 Å². The van der Waals surface area contributed by atoms with E-state index < -0.39 is 21.7 Å². The molecule has 0 bridgehead atoms. The van der Waals surface area contributed by atoms with Gasteiger partial charge in [-0.3, -0.25) is 0 Å². The van der Waals surface area contributed by atoms with Crippen LogP contribution in [0.25, 0.3) is 0 Å². The van der Waals surface area contributed by atoms with Crippen molar-refractivity contribution >= 4 is 10.0 Å². The number of rotatable bonds is 6. The molecular formula is C16H18F2N2O2S. The molecule has 0 spiro atoms. The van der Waals surface area contributed by atoms with Crippen LogP contribution in [0.3, 0.4) is 0 Å². The average molecular weight is 340 g/mol. The van der Waals surface area contributed by atoms with E-state index in [9.17, 15) is 17.2 Å². The number of hydrogen-bond acceptors (Lipinski definition) is 3. The zero-order valence-corrected chi connectivity index (χ0v) is 13.4. The third kappa shape index (κ3) is 4.57. The number of primary sulfonamides is 1. The van der Waals surface area contributed by atoms with Gasteiger partial charge in [0, 0.05) is 18.2 Å². The van der Waals surface area contributed by atoms with Gasteiger partial charge in [-0.15, -0.1) is 0 Å². The van der Waals surface area contributed by atoms with E-state index in [-0.39, 0.29) is 23.0 Å². The molecule has 0 saturated heterocycles. The van der Waals surface area contributed by atoms with E-state index in [4.69, 9.17) is 5.14 Å². The van der Waals surface area contributed by atoms with Gasteiger partial charge < -0.3 is 5.32 Å². The molecule has 2 aromatic carbocycles. The average Bonchev–Trinajstić information content (AvgIpc) is 2.50. The van der Waals surface area contributed by atoms with Gasteiger partial charge in [-0.05, 0) is 42.3 Å². The summed E-state index contributed by atoms with van der Waals surface area (Å²) in [6.07, 6.45) is 0.644. The first-order valence-corrected chi connectivity index (χ1v) is 8.66. The maximum Gasteiger partial charge on any atom is 0.238 e. The van der Waals surface area contributed by atoms with E-state index in [1.807, 2.05) is 6.92 Å². The summed E-state index contributed by atoms with van der Waals surface area (Å²) in [7, 11) is -3.78. The smallest absolute Gasteiger partial charge is 0.238 e. The summed E-state index contributed by atoms with van der Waals surface area (Å²) in [4.78, 5) is 0.0205. The second-order valence-electron chi connectivity index (χ2n) is 5.19. The highest BCUT2D eigenvalue weighted by atomic mass is 32.2. The molecule has 2 aromatic rings. The largest absolute Gasteiger partial charge is 0.306 e. The second-order valence-corrected chi connectivity index (χ2v) is 6.76. The Morgan fingerprint density at radius 3 is 2.57 bits per heavy atom. The van der Waals surface area contributed by atoms with Crippen LogP contribution in [-0.2, 0) is 16.6 Å². The predicted octanol–water partition coefficient (Wildman–Crippen LogP) is 2.85. The molecule has 7 heteroatoms. The summed E-state index contributed by atoms with van der Waals surface area (Å²) in [5, 5.41) is 8.24. The molecule has 0 aromatic heterocycles. The molecule has 0 aliphatic heterocycles. The van der Waals surface area contributed by atoms with Crippen molar-refractivity contribution < 1.29 is 17.2 Å². The van der Waals surface area contributed by atoms with E-state index >= 15 is 0 Å². The van der Waals surface area contributed by atoms with Crippen LogP contribution in [0, 0.1) is 11.6 Å². The van der Waals surface area contributed by atoms with Crippen LogP contribution in [-0.4, -0.2) is 8.42 Å². The van der Waals surface area contributed by atoms with Gasteiger partial charge in [0.1, 0.15) is 11.6 Å². The Morgan fingerprint density at radius 1 is 1.17 bits per heavy atom. The minimum Gasteiger partial charge on any atom is -0.306 e. The van der Waals surface area contributed by atoms with Gasteiger partial charge in [-0.25, -0.2) is 22.3 Å². The molecule has 0 aliphatic carbocycles. The Bertz CT molecular complexity index is 794. The number of nitrogens with two attached hydrogens (primary N) is 1. The first kappa shape index (κ1) is 17.5. The SMILES string of the molecule is CC[C@@H](NCc1cc(F)ccc1F)c1cccc(S(N)(=O)=O)c1. The Balaban J connectivity index is 2.19. The summed E-state index contributed by atoms with van der Waals surface area (Å²) in [5.41, 5.74) is 0.932. The highest BCUT2D eigenvalue weighted by molar-refractivity contribution is 7.89. The van der Waals surface area contributed by atoms with E-state index in [1.54, 1.807) is 12.1 Å². The monoisotopic (exact) mass is 340 g/mol. The standard InChI is InChI=1S/C16H18F2N2O2S/c1-2-16(11-4-3-5-14(9-11)23(19,21)22)20-10-12-8-13(17)6-7-15(12)18/h3-9,16,20H,2,10H2,1H3,(H2,19,21,22)/t16-/m1/s1. The topological polar surface area (TPSA) is 72.2 Å². The zero-order valence-electron chi connectivity index (χ0n) is 12.6. The fraction of sp³-hybridized carbons (Fsp3) is 0.250. The molecule has 23 heavy (non-hydrogen) atoms. The molecule has 3 N–H and O–H groups in total. The molecule has 4 nitrogen and oxygen atoms in total. The van der Waals surface area contributed by atoms with Gasteiger partial charge in [0.2, 0.25) is 10.0 Å². The van der Waals surface area contributed by atoms with Crippen molar-refractivity contribution in [3.8, 4) is 0 Å². The van der Waals surface area contributed by atoms with E-state index in [1.165, 1.54) is 12.1 Å². The van der Waals surface area contributed by atoms with Crippen molar-refractivity contribution in [2.75, 3.05) is 0 Å². The number of halogens is 2. The fourth-order valence-corrected chi connectivity index (χ4v) is 2.89. The molecule has 0 radical (unpaired) electrons. The summed E-state index contributed by atoms with van der Waals surface area (Å²) in [6, 6.07) is 9.33. The van der Waals surface area contributed by atoms with Crippen molar-refractivity contribution in [2.24, 2.45) is 5.14 Å². The first-order chi connectivity index (χ1) is 10.8. The highest BCUT2D eigenvalue weighted by Gasteiger charge is 2.14. The lowest BCUT2D eigenvalue weighted by molar-refractivity contribution is 0.499. The molecule has 1 atom stereocenters. The van der Waals surface area contributed by atoms with Gasteiger partial charge in [-0.2, -0.15) is 0 Å². The van der Waals surface area contributed by atoms with Gasteiger partial charge in [0.15, 0.2) is 0 Å². The molecule has 0 saturated carbocycles. The van der Waals surface area contributed by atoms with Crippen LogP contribution in [0.1, 0.15) is 30.5 Å². The minimum absolute atomic E-state index is 0.0205. The quantitative estimate of drug-likeness (QED) is 0.849. The van der Waals surface area contributed by atoms with Crippen LogP contribution < -0.4 is 10.5 Å². The molecule has 0 heterocycles. The lowest BCUT2D eigenvalue weighted by Gasteiger charge is -2.18. The third-order valence-corrected chi connectivity index (χ3v) is 4.45. The van der Waals surface area contributed by atoms with Gasteiger partial charge >= 0.3 is 0 Å². The maximum absolute atomic E-state index is 13.6. The molecule has 2 rings (SSSR count). The molecule has 124 valence electrons. The van der Waals surface area contributed by atoms with Crippen LogP contribution in [0.4, 0.5) is 8.78 Å². The van der Waals surface area contributed by atoms with Crippen molar-refractivity contribution in [2.45, 2.75) is 30.8 Å². The van der Waals surface area contributed by atoms with Crippen LogP contribution in [0.2, 0.25) is 0 Å².